The zero-order valence-corrected chi connectivity index (χ0v) is 22.5. The number of carbonyl (C=O) groups is 2. The van der Waals surface area contributed by atoms with Crippen molar-refractivity contribution < 1.29 is 14.3 Å². The first-order valence-corrected chi connectivity index (χ1v) is 12.5. The monoisotopic (exact) mass is 506 g/mol. The molecule has 0 aliphatic heterocycles. The van der Waals surface area contributed by atoms with Crippen molar-refractivity contribution in [2.75, 3.05) is 6.61 Å². The van der Waals surface area contributed by atoms with Crippen molar-refractivity contribution in [2.24, 2.45) is 0 Å². The second-order valence-corrected chi connectivity index (χ2v) is 10.3. The summed E-state index contributed by atoms with van der Waals surface area (Å²) < 4.78 is 5.80. The molecule has 0 saturated heterocycles. The summed E-state index contributed by atoms with van der Waals surface area (Å²) in [5.41, 5.74) is 1.80. The number of ether oxygens (including phenoxy) is 1. The molecular formula is C27H36Cl2N2O3. The third-order valence-corrected chi connectivity index (χ3v) is 6.57. The number of nitrogens with zero attached hydrogens (tertiary/aromatic N) is 1. The van der Waals surface area contributed by atoms with Crippen LogP contribution in [0.5, 0.6) is 5.75 Å². The van der Waals surface area contributed by atoms with E-state index in [4.69, 9.17) is 27.9 Å². The largest absolute Gasteiger partial charge is 0.484 e. The fourth-order valence-electron chi connectivity index (χ4n) is 3.49. The van der Waals surface area contributed by atoms with Gasteiger partial charge in [0, 0.05) is 28.2 Å². The van der Waals surface area contributed by atoms with Gasteiger partial charge in [0.25, 0.3) is 5.91 Å². The van der Waals surface area contributed by atoms with Crippen LogP contribution in [0.15, 0.2) is 42.5 Å². The van der Waals surface area contributed by atoms with E-state index in [1.165, 1.54) is 10.5 Å². The highest BCUT2D eigenvalue weighted by atomic mass is 35.5. The molecule has 2 aromatic rings. The Morgan fingerprint density at radius 3 is 2.09 bits per heavy atom. The van der Waals surface area contributed by atoms with Crippen LogP contribution in [0.25, 0.3) is 0 Å². The minimum Gasteiger partial charge on any atom is -0.484 e. The van der Waals surface area contributed by atoms with Crippen LogP contribution in [0.4, 0.5) is 0 Å². The molecule has 1 N–H and O–H groups in total. The van der Waals surface area contributed by atoms with Crippen molar-refractivity contribution in [1.82, 2.24) is 10.2 Å². The Balaban J connectivity index is 2.26. The third-order valence-electron chi connectivity index (χ3n) is 5.86. The van der Waals surface area contributed by atoms with E-state index < -0.39 is 6.04 Å². The smallest absolute Gasteiger partial charge is 0.261 e. The summed E-state index contributed by atoms with van der Waals surface area (Å²) in [7, 11) is 0. The molecule has 2 aromatic carbocycles. The Kier molecular flexibility index (Phi) is 10.3. The maximum absolute atomic E-state index is 13.4. The number of nitrogens with one attached hydrogen (secondary N) is 1. The number of amides is 2. The third kappa shape index (κ3) is 7.64. The highest BCUT2D eigenvalue weighted by Crippen LogP contribution is 2.28. The Bertz CT molecular complexity index is 951. The predicted octanol–water partition coefficient (Wildman–Crippen LogP) is 6.39. The van der Waals surface area contributed by atoms with E-state index in [0.717, 1.165) is 6.42 Å². The molecule has 0 bridgehead atoms. The van der Waals surface area contributed by atoms with Gasteiger partial charge < -0.3 is 15.0 Å². The van der Waals surface area contributed by atoms with E-state index in [2.05, 4.69) is 26.1 Å². The van der Waals surface area contributed by atoms with Gasteiger partial charge in [0.1, 0.15) is 11.8 Å². The summed E-state index contributed by atoms with van der Waals surface area (Å²) in [6, 6.07) is 12.2. The lowest BCUT2D eigenvalue weighted by atomic mass is 9.87. The van der Waals surface area contributed by atoms with Gasteiger partial charge in [-0.15, -0.1) is 0 Å². The van der Waals surface area contributed by atoms with E-state index in [9.17, 15) is 9.59 Å². The SMILES string of the molecule is CC[C@@H](C)NC(=O)[C@@H](CC)N(Cc1c(Cl)cccc1Cl)C(=O)COc1ccc(C(C)(C)C)cc1. The van der Waals surface area contributed by atoms with Gasteiger partial charge in [0.05, 0.1) is 0 Å². The van der Waals surface area contributed by atoms with Crippen LogP contribution < -0.4 is 10.1 Å². The number of hydrogen-bond donors (Lipinski definition) is 1. The number of hydrogen-bond acceptors (Lipinski definition) is 3. The molecular weight excluding hydrogens is 471 g/mol. The van der Waals surface area contributed by atoms with Crippen LogP contribution in [0, 0.1) is 0 Å². The molecule has 2 amide bonds. The quantitative estimate of drug-likeness (QED) is 0.405. The van der Waals surface area contributed by atoms with Crippen LogP contribution in [-0.4, -0.2) is 35.4 Å². The molecule has 7 heteroatoms. The molecule has 0 heterocycles. The first-order chi connectivity index (χ1) is 16.0. The summed E-state index contributed by atoms with van der Waals surface area (Å²) in [4.78, 5) is 27.9. The summed E-state index contributed by atoms with van der Waals surface area (Å²) >= 11 is 12.8. The van der Waals surface area contributed by atoms with Gasteiger partial charge in [0.2, 0.25) is 5.91 Å². The zero-order chi connectivity index (χ0) is 25.5. The van der Waals surface area contributed by atoms with Gasteiger partial charge in [-0.2, -0.15) is 0 Å². The average Bonchev–Trinajstić information content (AvgIpc) is 2.78. The van der Waals surface area contributed by atoms with Crippen molar-refractivity contribution in [3.8, 4) is 5.75 Å². The average molecular weight is 508 g/mol. The molecule has 0 aromatic heterocycles. The lowest BCUT2D eigenvalue weighted by Gasteiger charge is -2.32. The molecule has 0 saturated carbocycles. The summed E-state index contributed by atoms with van der Waals surface area (Å²) in [6.45, 7) is 12.1. The lowest BCUT2D eigenvalue weighted by molar-refractivity contribution is -0.143. The van der Waals surface area contributed by atoms with Crippen LogP contribution in [0.1, 0.15) is 65.5 Å². The van der Waals surface area contributed by atoms with E-state index in [1.54, 1.807) is 18.2 Å². The molecule has 5 nitrogen and oxygen atoms in total. The summed E-state index contributed by atoms with van der Waals surface area (Å²) in [5, 5.41) is 3.88. The van der Waals surface area contributed by atoms with E-state index >= 15 is 0 Å². The van der Waals surface area contributed by atoms with Crippen molar-refractivity contribution in [2.45, 2.75) is 78.4 Å². The van der Waals surface area contributed by atoms with Crippen LogP contribution in [0.3, 0.4) is 0 Å². The molecule has 0 radical (unpaired) electrons. The first-order valence-electron chi connectivity index (χ1n) is 11.7. The summed E-state index contributed by atoms with van der Waals surface area (Å²) in [6.07, 6.45) is 1.23. The minimum atomic E-state index is -0.680. The standard InChI is InChI=1S/C27H36Cl2N2O3/c1-7-18(3)30-26(33)24(8-2)31(16-21-22(28)10-9-11-23(21)29)25(32)17-34-20-14-12-19(13-15-20)27(4,5)6/h9-15,18,24H,7-8,16-17H2,1-6H3,(H,30,33)/t18-,24-/m1/s1. The maximum Gasteiger partial charge on any atom is 0.261 e. The van der Waals surface area contributed by atoms with E-state index in [-0.39, 0.29) is 36.4 Å². The highest BCUT2D eigenvalue weighted by Gasteiger charge is 2.30. The molecule has 186 valence electrons. The number of carbonyl (C=O) groups excluding carboxylic acids is 2. The normalized spacial score (nSPS) is 13.2. The summed E-state index contributed by atoms with van der Waals surface area (Å²) in [5.74, 6) is 0.0686. The van der Waals surface area contributed by atoms with E-state index in [1.807, 2.05) is 45.0 Å². The van der Waals surface area contributed by atoms with Gasteiger partial charge in [-0.1, -0.05) is 76.0 Å². The Labute approximate surface area is 213 Å². The molecule has 0 unspecified atom stereocenters. The zero-order valence-electron chi connectivity index (χ0n) is 21.0. The van der Waals surface area contributed by atoms with Crippen molar-refractivity contribution in [1.29, 1.82) is 0 Å². The number of halogens is 2. The van der Waals surface area contributed by atoms with Crippen molar-refractivity contribution >= 4 is 35.0 Å². The lowest BCUT2D eigenvalue weighted by Crippen LogP contribution is -2.51. The van der Waals surface area contributed by atoms with Crippen molar-refractivity contribution in [3.63, 3.8) is 0 Å². The van der Waals surface area contributed by atoms with Gasteiger partial charge in [-0.25, -0.2) is 0 Å². The Morgan fingerprint density at radius 2 is 1.59 bits per heavy atom. The Hall–Kier alpha value is -2.24. The molecule has 0 fully saturated rings. The molecule has 2 rings (SSSR count). The van der Waals surface area contributed by atoms with Crippen molar-refractivity contribution in [3.05, 3.63) is 63.6 Å². The van der Waals surface area contributed by atoms with Crippen LogP contribution >= 0.6 is 23.2 Å². The predicted molar refractivity (Wildman–Crippen MR) is 140 cm³/mol. The van der Waals surface area contributed by atoms with Crippen LogP contribution in [-0.2, 0) is 21.5 Å². The number of benzene rings is 2. The molecule has 0 spiro atoms. The maximum atomic E-state index is 13.4. The Morgan fingerprint density at radius 1 is 1.00 bits per heavy atom. The molecule has 0 aliphatic rings. The van der Waals surface area contributed by atoms with E-state index in [0.29, 0.717) is 27.8 Å². The topological polar surface area (TPSA) is 58.6 Å². The highest BCUT2D eigenvalue weighted by molar-refractivity contribution is 6.36. The fraction of sp³-hybridized carbons (Fsp3) is 0.481. The number of rotatable bonds is 10. The second-order valence-electron chi connectivity index (χ2n) is 9.53. The minimum absolute atomic E-state index is 0.0000147. The molecule has 2 atom stereocenters. The second kappa shape index (κ2) is 12.5. The van der Waals surface area contributed by atoms with Gasteiger partial charge >= 0.3 is 0 Å². The van der Waals surface area contributed by atoms with Crippen LogP contribution in [0.2, 0.25) is 10.0 Å². The molecule has 34 heavy (non-hydrogen) atoms. The van der Waals surface area contributed by atoms with Gasteiger partial charge in [-0.3, -0.25) is 9.59 Å². The van der Waals surface area contributed by atoms with Gasteiger partial charge in [-0.05, 0) is 55.0 Å². The molecule has 0 aliphatic carbocycles. The first kappa shape index (κ1) is 28.0. The van der Waals surface area contributed by atoms with Gasteiger partial charge in [0.15, 0.2) is 6.61 Å². The fourth-order valence-corrected chi connectivity index (χ4v) is 4.01.